The number of aliphatic imine (C=N–C) groups is 1. The van der Waals surface area contributed by atoms with Gasteiger partial charge in [0.05, 0.1) is 13.1 Å². The zero-order chi connectivity index (χ0) is 22.1. The maximum Gasteiger partial charge on any atom is 0.222 e. The van der Waals surface area contributed by atoms with E-state index in [9.17, 15) is 9.18 Å². The van der Waals surface area contributed by atoms with E-state index >= 15 is 0 Å². The first-order valence-corrected chi connectivity index (χ1v) is 10.8. The van der Waals surface area contributed by atoms with E-state index in [2.05, 4.69) is 27.8 Å². The fourth-order valence-corrected chi connectivity index (χ4v) is 3.39. The lowest BCUT2D eigenvalue weighted by molar-refractivity contribution is -0.128. The van der Waals surface area contributed by atoms with Crippen LogP contribution in [0.5, 0.6) is 5.75 Å². The predicted octanol–water partition coefficient (Wildman–Crippen LogP) is 3.47. The smallest absolute Gasteiger partial charge is 0.222 e. The van der Waals surface area contributed by atoms with Gasteiger partial charge < -0.3 is 20.3 Å². The first kappa shape index (κ1) is 22.6. The largest absolute Gasteiger partial charge is 0.486 e. The summed E-state index contributed by atoms with van der Waals surface area (Å²) in [5.74, 6) is 0.795. The second-order valence-corrected chi connectivity index (χ2v) is 7.67. The summed E-state index contributed by atoms with van der Waals surface area (Å²) in [5, 5.41) is 6.46. The van der Waals surface area contributed by atoms with Crippen molar-refractivity contribution >= 4 is 11.9 Å². The Morgan fingerprint density at radius 2 is 1.90 bits per heavy atom. The highest BCUT2D eigenvalue weighted by atomic mass is 19.1. The van der Waals surface area contributed by atoms with Gasteiger partial charge in [0, 0.05) is 26.1 Å². The summed E-state index contributed by atoms with van der Waals surface area (Å²) in [6, 6.07) is 14.6. The van der Waals surface area contributed by atoms with E-state index in [4.69, 9.17) is 4.74 Å². The van der Waals surface area contributed by atoms with E-state index in [1.54, 1.807) is 18.2 Å². The Morgan fingerprint density at radius 3 is 2.58 bits per heavy atom. The number of hydrogen-bond acceptors (Lipinski definition) is 3. The number of benzene rings is 2. The average Bonchev–Trinajstić information content (AvgIpc) is 3.17. The molecule has 1 fully saturated rings. The van der Waals surface area contributed by atoms with E-state index < -0.39 is 0 Å². The topological polar surface area (TPSA) is 66.0 Å². The van der Waals surface area contributed by atoms with Gasteiger partial charge in [-0.1, -0.05) is 36.4 Å². The van der Waals surface area contributed by atoms with E-state index in [1.165, 1.54) is 6.07 Å². The van der Waals surface area contributed by atoms with Gasteiger partial charge in [0.15, 0.2) is 17.5 Å². The number of amides is 1. The van der Waals surface area contributed by atoms with E-state index in [-0.39, 0.29) is 23.6 Å². The van der Waals surface area contributed by atoms with Gasteiger partial charge in [0.1, 0.15) is 6.10 Å². The van der Waals surface area contributed by atoms with Crippen LogP contribution in [0, 0.1) is 5.82 Å². The Morgan fingerprint density at radius 1 is 1.16 bits per heavy atom. The molecule has 0 aliphatic carbocycles. The molecule has 1 amide bonds. The zero-order valence-electron chi connectivity index (χ0n) is 18.2. The second-order valence-electron chi connectivity index (χ2n) is 7.67. The summed E-state index contributed by atoms with van der Waals surface area (Å²) in [6.07, 6.45) is 1.39. The molecular weight excluding hydrogens is 395 g/mol. The maximum absolute atomic E-state index is 13.7. The number of hydrogen-bond donors (Lipinski definition) is 2. The van der Waals surface area contributed by atoms with Crippen LogP contribution in [0.25, 0.3) is 0 Å². The number of ether oxygens (including phenoxy) is 1. The fraction of sp³-hybridized carbons (Fsp3) is 0.417. The van der Waals surface area contributed by atoms with Crippen LogP contribution in [0.1, 0.15) is 37.8 Å². The molecule has 0 aromatic heterocycles. The molecule has 1 heterocycles. The summed E-state index contributed by atoms with van der Waals surface area (Å²) >= 11 is 0. The van der Waals surface area contributed by atoms with Crippen LogP contribution >= 0.6 is 0 Å². The third kappa shape index (κ3) is 6.98. The van der Waals surface area contributed by atoms with Crippen LogP contribution in [0.4, 0.5) is 4.39 Å². The summed E-state index contributed by atoms with van der Waals surface area (Å²) in [6.45, 7) is 7.16. The number of guanidine groups is 1. The van der Waals surface area contributed by atoms with E-state index in [0.29, 0.717) is 32.0 Å². The van der Waals surface area contributed by atoms with Crippen molar-refractivity contribution in [3.8, 4) is 5.75 Å². The third-order valence-electron chi connectivity index (χ3n) is 5.05. The molecule has 0 radical (unpaired) electrons. The van der Waals surface area contributed by atoms with Gasteiger partial charge in [-0.2, -0.15) is 0 Å². The number of carbonyl (C=O) groups is 1. The second kappa shape index (κ2) is 11.3. The molecule has 1 aliphatic heterocycles. The summed E-state index contributed by atoms with van der Waals surface area (Å²) < 4.78 is 19.4. The van der Waals surface area contributed by atoms with Crippen LogP contribution < -0.4 is 15.4 Å². The lowest BCUT2D eigenvalue weighted by Crippen LogP contribution is -2.41. The molecule has 2 aromatic rings. The molecule has 166 valence electrons. The first-order chi connectivity index (χ1) is 15.0. The molecule has 1 saturated heterocycles. The molecule has 0 spiro atoms. The predicted molar refractivity (Wildman–Crippen MR) is 120 cm³/mol. The van der Waals surface area contributed by atoms with Crippen molar-refractivity contribution in [3.05, 3.63) is 65.5 Å². The molecule has 2 N–H and O–H groups in total. The minimum absolute atomic E-state index is 0.228. The van der Waals surface area contributed by atoms with Crippen molar-refractivity contribution < 1.29 is 13.9 Å². The molecule has 1 unspecified atom stereocenters. The Kier molecular flexibility index (Phi) is 8.27. The van der Waals surface area contributed by atoms with Crippen LogP contribution in [0.2, 0.25) is 0 Å². The normalized spacial score (nSPS) is 15.1. The Hall–Kier alpha value is -3.09. The number of nitrogens with zero attached hydrogens (tertiary/aromatic N) is 2. The van der Waals surface area contributed by atoms with Gasteiger partial charge >= 0.3 is 0 Å². The lowest BCUT2D eigenvalue weighted by Gasteiger charge is -2.18. The number of halogens is 1. The zero-order valence-corrected chi connectivity index (χ0v) is 18.2. The van der Waals surface area contributed by atoms with Crippen molar-refractivity contribution in [3.63, 3.8) is 0 Å². The molecule has 31 heavy (non-hydrogen) atoms. The van der Waals surface area contributed by atoms with Gasteiger partial charge in [0.25, 0.3) is 0 Å². The molecule has 1 atom stereocenters. The fourth-order valence-electron chi connectivity index (χ4n) is 3.39. The van der Waals surface area contributed by atoms with Crippen molar-refractivity contribution in [2.45, 2.75) is 45.9 Å². The van der Waals surface area contributed by atoms with Gasteiger partial charge in [-0.05, 0) is 43.5 Å². The Labute approximate surface area is 183 Å². The lowest BCUT2D eigenvalue weighted by atomic mass is 10.1. The number of rotatable bonds is 9. The number of likely N-dealkylation sites (tertiary alicyclic amines) is 1. The maximum atomic E-state index is 13.7. The molecule has 6 nitrogen and oxygen atoms in total. The molecule has 0 saturated carbocycles. The van der Waals surface area contributed by atoms with Crippen molar-refractivity contribution in [2.75, 3.05) is 19.6 Å². The average molecular weight is 427 g/mol. The quantitative estimate of drug-likeness (QED) is 0.476. The monoisotopic (exact) mass is 426 g/mol. The highest BCUT2D eigenvalue weighted by molar-refractivity contribution is 5.79. The van der Waals surface area contributed by atoms with Crippen LogP contribution in [-0.4, -0.2) is 42.5 Å². The third-order valence-corrected chi connectivity index (χ3v) is 5.05. The molecular formula is C24H31FN4O2. The Balaban J connectivity index is 1.50. The van der Waals surface area contributed by atoms with Gasteiger partial charge in [-0.3, -0.25) is 4.79 Å². The van der Waals surface area contributed by atoms with Gasteiger partial charge in [0.2, 0.25) is 5.91 Å². The first-order valence-electron chi connectivity index (χ1n) is 10.8. The van der Waals surface area contributed by atoms with Gasteiger partial charge in [-0.15, -0.1) is 0 Å². The van der Waals surface area contributed by atoms with Crippen LogP contribution in [-0.2, 0) is 17.9 Å². The van der Waals surface area contributed by atoms with Crippen molar-refractivity contribution in [1.29, 1.82) is 0 Å². The molecule has 2 aromatic carbocycles. The molecule has 3 rings (SSSR count). The molecule has 7 heteroatoms. The van der Waals surface area contributed by atoms with E-state index in [1.807, 2.05) is 30.9 Å². The molecule has 0 bridgehead atoms. The number of carbonyl (C=O) groups excluding carboxylic acids is 1. The highest BCUT2D eigenvalue weighted by Gasteiger charge is 2.19. The van der Waals surface area contributed by atoms with Gasteiger partial charge in [-0.25, -0.2) is 9.38 Å². The SMILES string of the molecule is CCNC(=NCc1ccc(CN2CCCC2=O)cc1)NCC(C)Oc1ccccc1F. The summed E-state index contributed by atoms with van der Waals surface area (Å²) in [7, 11) is 0. The number of nitrogens with one attached hydrogen (secondary N) is 2. The van der Waals surface area contributed by atoms with Crippen molar-refractivity contribution in [2.24, 2.45) is 4.99 Å². The van der Waals surface area contributed by atoms with Crippen molar-refractivity contribution in [1.82, 2.24) is 15.5 Å². The van der Waals surface area contributed by atoms with Crippen LogP contribution in [0.15, 0.2) is 53.5 Å². The minimum Gasteiger partial charge on any atom is -0.486 e. The van der Waals surface area contributed by atoms with E-state index in [0.717, 1.165) is 30.6 Å². The standard InChI is InChI=1S/C24H31FN4O2/c1-3-26-24(27-15-18(2)31-22-8-5-4-7-21(22)25)28-16-19-10-12-20(13-11-19)17-29-14-6-9-23(29)30/h4-5,7-8,10-13,18H,3,6,9,14-17H2,1-2H3,(H2,26,27,28). The minimum atomic E-state index is -0.368. The van der Waals surface area contributed by atoms with Crippen LogP contribution in [0.3, 0.4) is 0 Å². The highest BCUT2D eigenvalue weighted by Crippen LogP contribution is 2.17. The summed E-state index contributed by atoms with van der Waals surface area (Å²) in [5.41, 5.74) is 2.22. The summed E-state index contributed by atoms with van der Waals surface area (Å²) in [4.78, 5) is 18.3. The Bertz CT molecular complexity index is 885. The molecule has 1 aliphatic rings. The number of para-hydroxylation sites is 1.